The standard InChI is InChI=1S/C56H41N3/c1-38-20-9-17-33-48(38)57(41-24-5-3-6-25-41)51-36-53-55(46-31-15-13-29-44(46)51)56-47-32-16-14-30-45(47)52(58(42-26-7-4-8-27-42)49-34-18-10-21-39(49)2)37-54(56)59(53)50-35-19-23-40-22-11-12-28-43(40)50/h3-37H,1-2H3. The molecule has 11 rings (SSSR count). The Kier molecular flexibility index (Phi) is 8.27. The lowest BCUT2D eigenvalue weighted by Crippen LogP contribution is -2.12. The van der Waals surface area contributed by atoms with Crippen molar-refractivity contribution in [2.45, 2.75) is 13.8 Å². The number of para-hydroxylation sites is 4. The smallest absolute Gasteiger partial charge is 0.0568 e. The van der Waals surface area contributed by atoms with Crippen LogP contribution in [-0.4, -0.2) is 4.57 Å². The Hall–Kier alpha value is -7.62. The van der Waals surface area contributed by atoms with Gasteiger partial charge in [-0.2, -0.15) is 0 Å². The SMILES string of the molecule is Cc1ccccc1N(c1ccccc1)c1cc2c(c3ccccc13)c1c3ccccc3c(N(c3ccccc3)c3ccccc3C)cc1n2-c1cccc2ccccc12. The van der Waals surface area contributed by atoms with E-state index in [-0.39, 0.29) is 0 Å². The number of benzene rings is 10. The highest BCUT2D eigenvalue weighted by Gasteiger charge is 2.26. The quantitative estimate of drug-likeness (QED) is 0.160. The van der Waals surface area contributed by atoms with Gasteiger partial charge in [0.2, 0.25) is 0 Å². The minimum atomic E-state index is 1.11. The van der Waals surface area contributed by atoms with E-state index in [0.29, 0.717) is 0 Å². The lowest BCUT2D eigenvalue weighted by molar-refractivity contribution is 1.19. The average Bonchev–Trinajstić information content (AvgIpc) is 3.62. The first-order valence-corrected chi connectivity index (χ1v) is 20.4. The molecular formula is C56H41N3. The number of hydrogen-bond donors (Lipinski definition) is 0. The van der Waals surface area contributed by atoms with Crippen LogP contribution < -0.4 is 9.80 Å². The zero-order valence-electron chi connectivity index (χ0n) is 33.0. The molecule has 0 spiro atoms. The molecule has 0 aliphatic heterocycles. The molecule has 1 heterocycles. The van der Waals surface area contributed by atoms with Crippen LogP contribution in [0.3, 0.4) is 0 Å². The zero-order valence-corrected chi connectivity index (χ0v) is 33.0. The van der Waals surface area contributed by atoms with E-state index in [1.54, 1.807) is 0 Å². The largest absolute Gasteiger partial charge is 0.310 e. The Bertz CT molecular complexity index is 3170. The normalized spacial score (nSPS) is 11.6. The van der Waals surface area contributed by atoms with Crippen LogP contribution >= 0.6 is 0 Å². The monoisotopic (exact) mass is 755 g/mol. The fourth-order valence-electron chi connectivity index (χ4n) is 9.32. The van der Waals surface area contributed by atoms with E-state index in [4.69, 9.17) is 0 Å². The fraction of sp³-hybridized carbons (Fsp3) is 0.0357. The lowest BCUT2D eigenvalue weighted by Gasteiger charge is -2.28. The Morgan fingerprint density at radius 3 is 1.20 bits per heavy atom. The predicted molar refractivity (Wildman–Crippen MR) is 252 cm³/mol. The van der Waals surface area contributed by atoms with Crippen LogP contribution in [0.4, 0.5) is 34.1 Å². The second-order valence-corrected chi connectivity index (χ2v) is 15.4. The van der Waals surface area contributed by atoms with Gasteiger partial charge in [0.05, 0.1) is 28.1 Å². The van der Waals surface area contributed by atoms with E-state index < -0.39 is 0 Å². The third-order valence-electron chi connectivity index (χ3n) is 12.0. The van der Waals surface area contributed by atoms with Crippen molar-refractivity contribution in [1.82, 2.24) is 4.57 Å². The minimum Gasteiger partial charge on any atom is -0.310 e. The highest BCUT2D eigenvalue weighted by molar-refractivity contribution is 6.32. The van der Waals surface area contributed by atoms with Gasteiger partial charge in [0, 0.05) is 49.7 Å². The highest BCUT2D eigenvalue weighted by atomic mass is 15.2. The van der Waals surface area contributed by atoms with Crippen molar-refractivity contribution >= 4 is 88.2 Å². The van der Waals surface area contributed by atoms with E-state index in [2.05, 4.69) is 241 Å². The Morgan fingerprint density at radius 1 is 0.322 bits per heavy atom. The van der Waals surface area contributed by atoms with Crippen LogP contribution in [0.1, 0.15) is 11.1 Å². The first kappa shape index (κ1) is 34.6. The van der Waals surface area contributed by atoms with Gasteiger partial charge in [0.25, 0.3) is 0 Å². The first-order chi connectivity index (χ1) is 29.2. The minimum absolute atomic E-state index is 1.11. The van der Waals surface area contributed by atoms with Crippen LogP contribution in [-0.2, 0) is 0 Å². The number of rotatable bonds is 7. The summed E-state index contributed by atoms with van der Waals surface area (Å²) in [5.74, 6) is 0. The van der Waals surface area contributed by atoms with Gasteiger partial charge in [-0.15, -0.1) is 0 Å². The van der Waals surface area contributed by atoms with E-state index >= 15 is 0 Å². The van der Waals surface area contributed by atoms with Crippen molar-refractivity contribution in [2.24, 2.45) is 0 Å². The van der Waals surface area contributed by atoms with Gasteiger partial charge in [-0.3, -0.25) is 0 Å². The molecule has 0 fully saturated rings. The van der Waals surface area contributed by atoms with Crippen molar-refractivity contribution in [3.8, 4) is 5.69 Å². The van der Waals surface area contributed by atoms with Crippen LogP contribution in [0.5, 0.6) is 0 Å². The molecule has 280 valence electrons. The Balaban J connectivity index is 1.36. The molecular weight excluding hydrogens is 715 g/mol. The molecule has 10 aromatic carbocycles. The van der Waals surface area contributed by atoms with Crippen molar-refractivity contribution in [3.63, 3.8) is 0 Å². The van der Waals surface area contributed by atoms with Crippen LogP contribution in [0, 0.1) is 13.8 Å². The summed E-state index contributed by atoms with van der Waals surface area (Å²) in [6.07, 6.45) is 0. The lowest BCUT2D eigenvalue weighted by atomic mass is 9.96. The van der Waals surface area contributed by atoms with E-state index in [0.717, 1.165) is 50.8 Å². The molecule has 59 heavy (non-hydrogen) atoms. The van der Waals surface area contributed by atoms with Crippen molar-refractivity contribution < 1.29 is 0 Å². The molecule has 0 bridgehead atoms. The number of hydrogen-bond acceptors (Lipinski definition) is 2. The fourth-order valence-corrected chi connectivity index (χ4v) is 9.32. The molecule has 0 radical (unpaired) electrons. The third-order valence-corrected chi connectivity index (χ3v) is 12.0. The first-order valence-electron chi connectivity index (χ1n) is 20.4. The second kappa shape index (κ2) is 14.1. The molecule has 1 aromatic heterocycles. The number of anilines is 6. The predicted octanol–water partition coefficient (Wildman–Crippen LogP) is 15.8. The third kappa shape index (κ3) is 5.58. The molecule has 0 N–H and O–H groups in total. The molecule has 0 unspecified atom stereocenters. The number of fused-ring (bicyclic) bond motifs is 8. The summed E-state index contributed by atoms with van der Waals surface area (Å²) in [7, 11) is 0. The summed E-state index contributed by atoms with van der Waals surface area (Å²) >= 11 is 0. The summed E-state index contributed by atoms with van der Waals surface area (Å²) in [6, 6.07) is 77.4. The van der Waals surface area contributed by atoms with Gasteiger partial charge < -0.3 is 14.4 Å². The molecule has 0 saturated carbocycles. The van der Waals surface area contributed by atoms with Gasteiger partial charge in [-0.25, -0.2) is 0 Å². The zero-order chi connectivity index (χ0) is 39.5. The van der Waals surface area contributed by atoms with Crippen LogP contribution in [0.2, 0.25) is 0 Å². The summed E-state index contributed by atoms with van der Waals surface area (Å²) < 4.78 is 2.54. The van der Waals surface area contributed by atoms with Gasteiger partial charge in [-0.1, -0.05) is 158 Å². The Labute approximate surface area is 344 Å². The number of aromatic nitrogens is 1. The molecule has 3 heteroatoms. The van der Waals surface area contributed by atoms with Gasteiger partial charge >= 0.3 is 0 Å². The molecule has 11 aromatic rings. The summed E-state index contributed by atoms with van der Waals surface area (Å²) in [5, 5.41) is 9.73. The molecule has 0 aliphatic rings. The second-order valence-electron chi connectivity index (χ2n) is 15.4. The van der Waals surface area contributed by atoms with Crippen molar-refractivity contribution in [2.75, 3.05) is 9.80 Å². The molecule has 3 nitrogen and oxygen atoms in total. The summed E-state index contributed by atoms with van der Waals surface area (Å²) in [4.78, 5) is 4.89. The highest BCUT2D eigenvalue weighted by Crippen LogP contribution is 2.50. The molecule has 0 aliphatic carbocycles. The molecule has 0 saturated heterocycles. The van der Waals surface area contributed by atoms with Crippen LogP contribution in [0.25, 0.3) is 59.8 Å². The maximum absolute atomic E-state index is 2.54. The summed E-state index contributed by atoms with van der Waals surface area (Å²) in [5.41, 5.74) is 12.7. The van der Waals surface area contributed by atoms with Crippen molar-refractivity contribution in [1.29, 1.82) is 0 Å². The average molecular weight is 756 g/mol. The van der Waals surface area contributed by atoms with Crippen molar-refractivity contribution in [3.05, 3.63) is 223 Å². The summed E-state index contributed by atoms with van der Waals surface area (Å²) in [6.45, 7) is 4.42. The van der Waals surface area contributed by atoms with E-state index in [1.165, 1.54) is 54.2 Å². The van der Waals surface area contributed by atoms with Gasteiger partial charge in [0.15, 0.2) is 0 Å². The van der Waals surface area contributed by atoms with E-state index in [1.807, 2.05) is 0 Å². The Morgan fingerprint density at radius 2 is 0.712 bits per heavy atom. The molecule has 0 amide bonds. The van der Waals surface area contributed by atoms with E-state index in [9.17, 15) is 0 Å². The topological polar surface area (TPSA) is 11.4 Å². The number of nitrogens with zero attached hydrogens (tertiary/aromatic N) is 3. The van der Waals surface area contributed by atoms with Gasteiger partial charge in [-0.05, 0) is 95.7 Å². The maximum atomic E-state index is 2.54. The number of aryl methyl sites for hydroxylation is 2. The maximum Gasteiger partial charge on any atom is 0.0568 e. The van der Waals surface area contributed by atoms with Crippen LogP contribution in [0.15, 0.2) is 212 Å². The van der Waals surface area contributed by atoms with Gasteiger partial charge in [0.1, 0.15) is 0 Å². The molecule has 0 atom stereocenters.